The first kappa shape index (κ1) is 23.2. The molecule has 33 heavy (non-hydrogen) atoms. The lowest BCUT2D eigenvalue weighted by Gasteiger charge is -2.17. The van der Waals surface area contributed by atoms with Gasteiger partial charge in [-0.3, -0.25) is 4.79 Å². The number of hydrogen-bond acceptors (Lipinski definition) is 6. The number of alkyl halides is 3. The van der Waals surface area contributed by atoms with Crippen molar-refractivity contribution >= 4 is 27.3 Å². The number of sulfone groups is 1. The molecule has 1 unspecified atom stereocenters. The van der Waals surface area contributed by atoms with E-state index in [1.54, 1.807) is 24.3 Å². The van der Waals surface area contributed by atoms with Gasteiger partial charge in [0.25, 0.3) is 0 Å². The molecule has 4 rings (SSSR count). The van der Waals surface area contributed by atoms with Crippen LogP contribution in [0.1, 0.15) is 17.9 Å². The first-order valence-corrected chi connectivity index (χ1v) is 11.7. The number of hydrogen-bond donors (Lipinski definition) is 0. The van der Waals surface area contributed by atoms with Gasteiger partial charge >= 0.3 is 12.1 Å². The Balaban J connectivity index is 1.43. The van der Waals surface area contributed by atoms with Gasteiger partial charge < -0.3 is 9.42 Å². The lowest BCUT2D eigenvalue weighted by molar-refractivity contribution is -0.159. The number of nitrogens with zero attached hydrogens (tertiary/aromatic N) is 3. The van der Waals surface area contributed by atoms with E-state index in [-0.39, 0.29) is 41.6 Å². The molecule has 1 aliphatic heterocycles. The minimum atomic E-state index is -4.77. The number of carbonyl (C=O) groups is 1. The topological polar surface area (TPSA) is 93.4 Å². The van der Waals surface area contributed by atoms with Crippen molar-refractivity contribution in [2.24, 2.45) is 0 Å². The molecule has 1 aliphatic rings. The standard InChI is InChI=1S/C21H17ClF3N3O4S/c22-15-5-1-13(2-6-15)11-18(29)28-10-9-17(12-28)33(30,31)16-7-3-14(4-8-16)19-26-20(32-27-19)21(23,24)25/h1-8,17H,9-12H2. The molecule has 0 aliphatic carbocycles. The van der Waals surface area contributed by atoms with Gasteiger partial charge in [-0.05, 0) is 48.4 Å². The largest absolute Gasteiger partial charge is 0.471 e. The number of likely N-dealkylation sites (tertiary alicyclic amines) is 1. The van der Waals surface area contributed by atoms with Crippen LogP contribution in [0.3, 0.4) is 0 Å². The average molecular weight is 500 g/mol. The van der Waals surface area contributed by atoms with Crippen LogP contribution in [0.4, 0.5) is 13.2 Å². The van der Waals surface area contributed by atoms with Crippen molar-refractivity contribution in [2.45, 2.75) is 29.2 Å². The van der Waals surface area contributed by atoms with Crippen LogP contribution in [0.25, 0.3) is 11.4 Å². The van der Waals surface area contributed by atoms with E-state index >= 15 is 0 Å². The van der Waals surface area contributed by atoms with Crippen molar-refractivity contribution in [3.8, 4) is 11.4 Å². The van der Waals surface area contributed by atoms with Crippen molar-refractivity contribution in [1.29, 1.82) is 0 Å². The number of amides is 1. The molecule has 0 radical (unpaired) electrons. The van der Waals surface area contributed by atoms with E-state index in [2.05, 4.69) is 14.7 Å². The highest BCUT2D eigenvalue weighted by atomic mass is 35.5. The van der Waals surface area contributed by atoms with Gasteiger partial charge in [-0.15, -0.1) is 0 Å². The van der Waals surface area contributed by atoms with E-state index in [9.17, 15) is 26.4 Å². The van der Waals surface area contributed by atoms with E-state index in [4.69, 9.17) is 11.6 Å². The summed E-state index contributed by atoms with van der Waals surface area (Å²) in [6.45, 7) is 0.383. The van der Waals surface area contributed by atoms with Crippen LogP contribution in [-0.2, 0) is 27.2 Å². The third-order valence-corrected chi connectivity index (χ3v) is 7.76. The van der Waals surface area contributed by atoms with Crippen LogP contribution >= 0.6 is 11.6 Å². The number of carbonyl (C=O) groups excluding carboxylic acids is 1. The van der Waals surface area contributed by atoms with Gasteiger partial charge in [0.2, 0.25) is 11.7 Å². The Kier molecular flexibility index (Phi) is 6.19. The highest BCUT2D eigenvalue weighted by Crippen LogP contribution is 2.30. The van der Waals surface area contributed by atoms with E-state index in [1.165, 1.54) is 29.2 Å². The van der Waals surface area contributed by atoms with Crippen LogP contribution in [0.2, 0.25) is 5.02 Å². The van der Waals surface area contributed by atoms with Gasteiger partial charge in [0.05, 0.1) is 16.6 Å². The van der Waals surface area contributed by atoms with Gasteiger partial charge in [-0.2, -0.15) is 18.2 Å². The summed E-state index contributed by atoms with van der Waals surface area (Å²) in [7, 11) is -3.76. The lowest BCUT2D eigenvalue weighted by Crippen LogP contribution is -2.32. The molecule has 1 fully saturated rings. The second-order valence-corrected chi connectivity index (χ2v) is 10.2. The summed E-state index contributed by atoms with van der Waals surface area (Å²) in [6.07, 6.45) is -4.34. The fourth-order valence-corrected chi connectivity index (χ4v) is 5.36. The second-order valence-electron chi connectivity index (χ2n) is 7.54. The SMILES string of the molecule is O=C(Cc1ccc(Cl)cc1)N1CCC(S(=O)(=O)c2ccc(-c3noc(C(F)(F)F)n3)cc2)C1. The molecule has 12 heteroatoms. The van der Waals surface area contributed by atoms with Crippen molar-refractivity contribution in [2.75, 3.05) is 13.1 Å². The summed E-state index contributed by atoms with van der Waals surface area (Å²) in [5.74, 6) is -1.96. The maximum atomic E-state index is 13.0. The van der Waals surface area contributed by atoms with Gasteiger partial charge in [0, 0.05) is 23.7 Å². The van der Waals surface area contributed by atoms with Crippen LogP contribution < -0.4 is 0 Å². The van der Waals surface area contributed by atoms with Crippen LogP contribution in [-0.4, -0.2) is 47.7 Å². The van der Waals surface area contributed by atoms with Gasteiger partial charge in [0.1, 0.15) is 0 Å². The van der Waals surface area contributed by atoms with Crippen molar-refractivity contribution in [3.63, 3.8) is 0 Å². The molecule has 0 bridgehead atoms. The molecule has 1 atom stereocenters. The van der Waals surface area contributed by atoms with Gasteiger partial charge in [-0.25, -0.2) is 8.42 Å². The molecule has 0 N–H and O–H groups in total. The zero-order chi connectivity index (χ0) is 23.8. The molecule has 2 heterocycles. The third kappa shape index (κ3) is 5.03. The summed E-state index contributed by atoms with van der Waals surface area (Å²) >= 11 is 5.85. The van der Waals surface area contributed by atoms with E-state index in [0.717, 1.165) is 5.56 Å². The lowest BCUT2D eigenvalue weighted by atomic mass is 10.1. The summed E-state index contributed by atoms with van der Waals surface area (Å²) in [6, 6.07) is 12.1. The Morgan fingerprint density at radius 2 is 1.79 bits per heavy atom. The molecule has 1 saturated heterocycles. The molecule has 2 aromatic carbocycles. The number of aromatic nitrogens is 2. The molecule has 7 nitrogen and oxygen atoms in total. The quantitative estimate of drug-likeness (QED) is 0.526. The fraction of sp³-hybridized carbons (Fsp3) is 0.286. The van der Waals surface area contributed by atoms with E-state index in [0.29, 0.717) is 11.6 Å². The number of rotatable bonds is 5. The van der Waals surface area contributed by atoms with Gasteiger partial charge in [0.15, 0.2) is 9.84 Å². The predicted molar refractivity (Wildman–Crippen MR) is 112 cm³/mol. The Labute approximate surface area is 192 Å². The molecular weight excluding hydrogens is 483 g/mol. The average Bonchev–Trinajstić information content (AvgIpc) is 3.46. The Morgan fingerprint density at radius 3 is 2.39 bits per heavy atom. The Morgan fingerprint density at radius 1 is 1.12 bits per heavy atom. The van der Waals surface area contributed by atoms with Gasteiger partial charge in [-0.1, -0.05) is 28.9 Å². The zero-order valence-corrected chi connectivity index (χ0v) is 18.5. The normalized spacial score (nSPS) is 16.8. The third-order valence-electron chi connectivity index (χ3n) is 5.31. The Bertz CT molecular complexity index is 1260. The minimum absolute atomic E-state index is 0.00258. The second kappa shape index (κ2) is 8.79. The molecule has 174 valence electrons. The fourth-order valence-electron chi connectivity index (χ4n) is 3.54. The molecule has 3 aromatic rings. The summed E-state index contributed by atoms with van der Waals surface area (Å²) in [5.41, 5.74) is 0.959. The zero-order valence-electron chi connectivity index (χ0n) is 16.9. The maximum absolute atomic E-state index is 13.0. The highest BCUT2D eigenvalue weighted by Gasteiger charge is 2.39. The molecule has 0 spiro atoms. The van der Waals surface area contributed by atoms with Crippen LogP contribution in [0.15, 0.2) is 57.9 Å². The van der Waals surface area contributed by atoms with E-state index in [1.807, 2.05) is 0 Å². The number of benzene rings is 2. The predicted octanol–water partition coefficient (Wildman–Crippen LogP) is 4.03. The smallest absolute Gasteiger partial charge is 0.341 e. The Hall–Kier alpha value is -2.92. The molecule has 0 saturated carbocycles. The first-order chi connectivity index (χ1) is 15.5. The monoisotopic (exact) mass is 499 g/mol. The summed E-state index contributed by atoms with van der Waals surface area (Å²) in [4.78, 5) is 17.4. The van der Waals surface area contributed by atoms with Crippen molar-refractivity contribution < 1.29 is 30.9 Å². The highest BCUT2D eigenvalue weighted by molar-refractivity contribution is 7.92. The van der Waals surface area contributed by atoms with E-state index < -0.39 is 27.2 Å². The number of halogens is 4. The van der Waals surface area contributed by atoms with Crippen molar-refractivity contribution in [3.05, 3.63) is 65.0 Å². The molecule has 1 aromatic heterocycles. The molecular formula is C21H17ClF3N3O4S. The molecule has 1 amide bonds. The minimum Gasteiger partial charge on any atom is -0.341 e. The summed E-state index contributed by atoms with van der Waals surface area (Å²) < 4.78 is 68.1. The van der Waals surface area contributed by atoms with Crippen molar-refractivity contribution in [1.82, 2.24) is 15.0 Å². The first-order valence-electron chi connectivity index (χ1n) is 9.81. The van der Waals surface area contributed by atoms with Crippen LogP contribution in [0.5, 0.6) is 0 Å². The maximum Gasteiger partial charge on any atom is 0.471 e. The van der Waals surface area contributed by atoms with Crippen LogP contribution in [0, 0.1) is 0 Å². The summed E-state index contributed by atoms with van der Waals surface area (Å²) in [5, 5.41) is 3.07.